The third-order valence-corrected chi connectivity index (χ3v) is 10.5. The van der Waals surface area contributed by atoms with Crippen molar-refractivity contribution in [2.75, 3.05) is 65.6 Å². The highest BCUT2D eigenvalue weighted by Crippen LogP contribution is 2.22. The van der Waals surface area contributed by atoms with Gasteiger partial charge in [-0.2, -0.15) is 0 Å². The second-order valence-electron chi connectivity index (χ2n) is 15.7. The highest BCUT2D eigenvalue weighted by Gasteiger charge is 2.43. The summed E-state index contributed by atoms with van der Waals surface area (Å²) < 4.78 is 5.30. The van der Waals surface area contributed by atoms with Crippen LogP contribution in [0.4, 0.5) is 0 Å². The van der Waals surface area contributed by atoms with Gasteiger partial charge >= 0.3 is 0 Å². The van der Waals surface area contributed by atoms with E-state index in [0.717, 1.165) is 12.8 Å². The summed E-state index contributed by atoms with van der Waals surface area (Å²) in [6.07, 6.45) is 4.06. The maximum atomic E-state index is 12.7. The number of rotatable bonds is 4. The summed E-state index contributed by atoms with van der Waals surface area (Å²) in [6.45, 7) is 12.8. The predicted molar refractivity (Wildman–Crippen MR) is 183 cm³/mol. The van der Waals surface area contributed by atoms with E-state index in [9.17, 15) is 28.8 Å². The van der Waals surface area contributed by atoms with Gasteiger partial charge in [-0.3, -0.25) is 39.4 Å². The second kappa shape index (κ2) is 16.3. The smallest absolute Gasteiger partial charge is 0.243 e. The van der Waals surface area contributed by atoms with E-state index in [-0.39, 0.29) is 65.9 Å². The number of amides is 6. The number of carbonyl (C=O) groups is 6. The Morgan fingerprint density at radius 3 is 1.46 bits per heavy atom. The molecule has 2 spiro atoms. The first-order chi connectivity index (χ1) is 23.8. The van der Waals surface area contributed by atoms with Crippen LogP contribution in [0.5, 0.6) is 0 Å². The van der Waals surface area contributed by atoms with E-state index < -0.39 is 29.7 Å². The molecule has 0 aromatic carbocycles. The number of hydrogen-bond donors (Lipinski definition) is 7. The number of ether oxygens (including phenoxy) is 1. The van der Waals surface area contributed by atoms with Gasteiger partial charge in [0.15, 0.2) is 0 Å². The number of nitrogens with zero attached hydrogens (tertiary/aromatic N) is 2. The van der Waals surface area contributed by atoms with Gasteiger partial charge < -0.3 is 41.1 Å². The van der Waals surface area contributed by atoms with Crippen molar-refractivity contribution in [1.82, 2.24) is 47.0 Å². The minimum atomic E-state index is -0.581. The number of hydrogen-bond acceptors (Lipinski definition) is 10. The third-order valence-electron chi connectivity index (χ3n) is 10.5. The lowest BCUT2D eigenvalue weighted by Crippen LogP contribution is -2.73. The van der Waals surface area contributed by atoms with E-state index in [4.69, 9.17) is 4.74 Å². The van der Waals surface area contributed by atoms with E-state index in [2.05, 4.69) is 37.2 Å². The number of fused-ring (bicyclic) bond motifs is 2. The topological polar surface area (TPSA) is 202 Å². The van der Waals surface area contributed by atoms with Gasteiger partial charge in [-0.1, -0.05) is 27.7 Å². The molecule has 0 aromatic rings. The lowest BCUT2D eigenvalue weighted by Gasteiger charge is -2.44. The first kappa shape index (κ1) is 37.9. The third kappa shape index (κ3) is 9.11. The van der Waals surface area contributed by atoms with E-state index in [1.165, 1.54) is 0 Å². The standard InChI is InChI=1S/C17H29N5O3.C17H28N4O4/c1-11(2)6-12-15(24)19-10-17(8-18-9-17)20-7-14(23)22-5-3-4-13(22)16(25)21-12;1-11(2)6-12-15(23)18-8-17(9-25-10-17)19-7-14(22)21-5-3-4-13(21)16(24)20-12/h11-13,18,20H,3-10H2,1-2H3,(H,19,24)(H,21,25);11-13,19H,3-10H2,1-2H3,(H,18,23)(H,20,24)/t2*12-,13+/m00/s1. The molecule has 0 bridgehead atoms. The van der Waals surface area contributed by atoms with Crippen molar-refractivity contribution in [2.24, 2.45) is 11.8 Å². The number of carbonyl (C=O) groups excluding carboxylic acids is 6. The van der Waals surface area contributed by atoms with Crippen LogP contribution in [-0.4, -0.2) is 146 Å². The Morgan fingerprint density at radius 2 is 1.08 bits per heavy atom. The SMILES string of the molecule is CC(C)C[C@@H]1NC(=O)[C@H]2CCCN2C(=O)CNC2(CNC1=O)COC2.CC(C)C[C@@H]1NC(=O)[C@H]2CCCN2C(=O)CNC2(CNC2)CNC1=O. The van der Waals surface area contributed by atoms with Crippen molar-refractivity contribution in [1.29, 1.82) is 0 Å². The Morgan fingerprint density at radius 1 is 0.640 bits per heavy atom. The van der Waals surface area contributed by atoms with Crippen LogP contribution in [0.2, 0.25) is 0 Å². The molecular weight excluding hydrogens is 646 g/mol. The zero-order valence-electron chi connectivity index (χ0n) is 30.0. The van der Waals surface area contributed by atoms with Crippen molar-refractivity contribution in [3.63, 3.8) is 0 Å². The van der Waals surface area contributed by atoms with Crippen molar-refractivity contribution in [3.8, 4) is 0 Å². The Kier molecular flexibility index (Phi) is 12.4. The molecule has 280 valence electrons. The van der Waals surface area contributed by atoms with Gasteiger partial charge in [0.05, 0.1) is 37.4 Å². The molecule has 6 heterocycles. The van der Waals surface area contributed by atoms with Gasteiger partial charge in [0.25, 0.3) is 0 Å². The summed E-state index contributed by atoms with van der Waals surface area (Å²) in [5.74, 6) is -0.334. The molecule has 0 unspecified atom stereocenters. The van der Waals surface area contributed by atoms with Gasteiger partial charge in [-0.05, 0) is 50.4 Å². The van der Waals surface area contributed by atoms with Crippen molar-refractivity contribution in [2.45, 2.75) is 101 Å². The van der Waals surface area contributed by atoms with Gasteiger partial charge in [-0.25, -0.2) is 0 Å². The van der Waals surface area contributed by atoms with Crippen LogP contribution in [0.15, 0.2) is 0 Å². The highest BCUT2D eigenvalue weighted by atomic mass is 16.5. The van der Waals surface area contributed by atoms with Gasteiger partial charge in [0, 0.05) is 39.3 Å². The lowest BCUT2D eigenvalue weighted by molar-refractivity contribution is -0.141. The summed E-state index contributed by atoms with van der Waals surface area (Å²) in [5, 5.41) is 21.4. The Labute approximate surface area is 294 Å². The molecule has 4 atom stereocenters. The molecule has 0 saturated carbocycles. The molecular formula is C34H57N9O7. The van der Waals surface area contributed by atoms with E-state index in [1.54, 1.807) is 9.80 Å². The van der Waals surface area contributed by atoms with Crippen LogP contribution in [0.25, 0.3) is 0 Å². The summed E-state index contributed by atoms with van der Waals surface area (Å²) >= 11 is 0. The average Bonchev–Trinajstić information content (AvgIpc) is 3.72. The highest BCUT2D eigenvalue weighted by molar-refractivity contribution is 5.94. The van der Waals surface area contributed by atoms with Crippen molar-refractivity contribution >= 4 is 35.4 Å². The molecule has 6 rings (SSSR count). The average molecular weight is 704 g/mol. The van der Waals surface area contributed by atoms with Crippen LogP contribution in [-0.2, 0) is 33.5 Å². The van der Waals surface area contributed by atoms with Crippen molar-refractivity contribution < 1.29 is 33.5 Å². The van der Waals surface area contributed by atoms with Gasteiger partial charge in [0.2, 0.25) is 35.4 Å². The van der Waals surface area contributed by atoms with Crippen LogP contribution >= 0.6 is 0 Å². The fourth-order valence-corrected chi connectivity index (χ4v) is 7.46. The maximum absolute atomic E-state index is 12.7. The fraction of sp³-hybridized carbons (Fsp3) is 0.824. The molecule has 16 heteroatoms. The van der Waals surface area contributed by atoms with E-state index in [1.807, 2.05) is 27.7 Å². The zero-order chi connectivity index (χ0) is 36.1. The predicted octanol–water partition coefficient (Wildman–Crippen LogP) is -2.43. The minimum Gasteiger partial charge on any atom is -0.377 e. The van der Waals surface area contributed by atoms with Gasteiger partial charge in [0.1, 0.15) is 24.2 Å². The molecule has 0 radical (unpaired) electrons. The maximum Gasteiger partial charge on any atom is 0.243 e. The van der Waals surface area contributed by atoms with Gasteiger partial charge in [-0.15, -0.1) is 0 Å². The van der Waals surface area contributed by atoms with E-state index >= 15 is 0 Å². The molecule has 6 aliphatic rings. The second-order valence-corrected chi connectivity index (χ2v) is 15.7. The van der Waals surface area contributed by atoms with E-state index in [0.29, 0.717) is 78.2 Å². The molecule has 50 heavy (non-hydrogen) atoms. The van der Waals surface area contributed by atoms with Crippen LogP contribution in [0, 0.1) is 11.8 Å². The molecule has 6 aliphatic heterocycles. The molecule has 6 saturated heterocycles. The molecule has 16 nitrogen and oxygen atoms in total. The summed E-state index contributed by atoms with van der Waals surface area (Å²) in [5.41, 5.74) is -0.682. The minimum absolute atomic E-state index is 0.0452. The Hall–Kier alpha value is -3.34. The summed E-state index contributed by atoms with van der Waals surface area (Å²) in [6, 6.07) is -2.09. The van der Waals surface area contributed by atoms with Crippen LogP contribution in [0.1, 0.15) is 66.2 Å². The summed E-state index contributed by atoms with van der Waals surface area (Å²) in [7, 11) is 0. The van der Waals surface area contributed by atoms with Crippen LogP contribution in [0.3, 0.4) is 0 Å². The molecule has 7 N–H and O–H groups in total. The van der Waals surface area contributed by atoms with Crippen molar-refractivity contribution in [3.05, 3.63) is 0 Å². The largest absolute Gasteiger partial charge is 0.377 e. The summed E-state index contributed by atoms with van der Waals surface area (Å²) in [4.78, 5) is 79.0. The Bertz CT molecular complexity index is 1190. The molecule has 0 aromatic heterocycles. The fourth-order valence-electron chi connectivity index (χ4n) is 7.46. The molecule has 0 aliphatic carbocycles. The normalized spacial score (nSPS) is 30.2. The Balaban J connectivity index is 0.000000194. The quantitative estimate of drug-likeness (QED) is 0.165. The zero-order valence-corrected chi connectivity index (χ0v) is 30.0. The molecule has 6 fully saturated rings. The number of nitrogens with one attached hydrogen (secondary N) is 7. The lowest BCUT2D eigenvalue weighted by atomic mass is 9.91. The molecule has 6 amide bonds. The first-order valence-corrected chi connectivity index (χ1v) is 18.3. The monoisotopic (exact) mass is 703 g/mol. The van der Waals surface area contributed by atoms with Crippen LogP contribution < -0.4 is 37.2 Å². The first-order valence-electron chi connectivity index (χ1n) is 18.3.